The molecule has 0 N–H and O–H groups in total. The fourth-order valence-electron chi connectivity index (χ4n) is 2.15. The van der Waals surface area contributed by atoms with Crippen molar-refractivity contribution in [3.8, 4) is 0 Å². The SMILES string of the molecule is CC(C)(C)OC(=O)C1=CCCCC1C(C)(C)I. The van der Waals surface area contributed by atoms with Crippen molar-refractivity contribution in [1.29, 1.82) is 0 Å². The van der Waals surface area contributed by atoms with Crippen molar-refractivity contribution in [3.05, 3.63) is 11.6 Å². The Morgan fingerprint density at radius 3 is 2.41 bits per heavy atom. The standard InChI is InChI=1S/C14H23IO2/c1-13(2,3)17-12(16)10-8-6-7-9-11(10)14(4,5)15/h8,11H,6-7,9H2,1-5H3. The lowest BCUT2D eigenvalue weighted by molar-refractivity contribution is -0.150. The highest BCUT2D eigenvalue weighted by atomic mass is 127. The van der Waals surface area contributed by atoms with E-state index < -0.39 is 5.60 Å². The second-order valence-corrected chi connectivity index (χ2v) is 8.99. The smallest absolute Gasteiger partial charge is 0.334 e. The van der Waals surface area contributed by atoms with Crippen LogP contribution in [-0.4, -0.2) is 15.0 Å². The predicted octanol–water partition coefficient (Wildman–Crippen LogP) is 4.27. The molecular formula is C14H23IO2. The number of alkyl halides is 1. The summed E-state index contributed by atoms with van der Waals surface area (Å²) in [7, 11) is 0. The molecule has 0 heterocycles. The van der Waals surface area contributed by atoms with E-state index in [1.54, 1.807) is 0 Å². The second-order valence-electron chi connectivity index (χ2n) is 6.21. The Balaban J connectivity index is 2.86. The summed E-state index contributed by atoms with van der Waals surface area (Å²) in [5.41, 5.74) is 0.473. The van der Waals surface area contributed by atoms with Crippen molar-refractivity contribution >= 4 is 28.6 Å². The molecule has 1 rings (SSSR count). The summed E-state index contributed by atoms with van der Waals surface area (Å²) in [5, 5.41) is 0. The van der Waals surface area contributed by atoms with Gasteiger partial charge >= 0.3 is 5.97 Å². The van der Waals surface area contributed by atoms with Crippen molar-refractivity contribution in [2.24, 2.45) is 5.92 Å². The Bertz CT molecular complexity index is 318. The first-order chi connectivity index (χ1) is 7.61. The fourth-order valence-corrected chi connectivity index (χ4v) is 2.80. The lowest BCUT2D eigenvalue weighted by Gasteiger charge is -2.34. The topological polar surface area (TPSA) is 26.3 Å². The van der Waals surface area contributed by atoms with Crippen LogP contribution in [0.25, 0.3) is 0 Å². The first-order valence-corrected chi connectivity index (χ1v) is 7.31. The molecule has 0 aromatic heterocycles. The molecule has 1 unspecified atom stereocenters. The first-order valence-electron chi connectivity index (χ1n) is 6.23. The number of allylic oxidation sites excluding steroid dienone is 1. The highest BCUT2D eigenvalue weighted by Crippen LogP contribution is 2.40. The molecular weight excluding hydrogens is 327 g/mol. The summed E-state index contributed by atoms with van der Waals surface area (Å²) in [6, 6.07) is 0. The van der Waals surface area contributed by atoms with Crippen LogP contribution in [0.5, 0.6) is 0 Å². The first kappa shape index (κ1) is 15.0. The van der Waals surface area contributed by atoms with Crippen LogP contribution in [0.3, 0.4) is 0 Å². The van der Waals surface area contributed by atoms with Gasteiger partial charge in [0.25, 0.3) is 0 Å². The van der Waals surface area contributed by atoms with Gasteiger partial charge in [-0.05, 0) is 40.0 Å². The summed E-state index contributed by atoms with van der Waals surface area (Å²) in [4.78, 5) is 12.2. The average molecular weight is 350 g/mol. The number of hydrogen-bond acceptors (Lipinski definition) is 2. The third kappa shape index (κ3) is 4.60. The molecule has 98 valence electrons. The molecule has 0 saturated carbocycles. The minimum absolute atomic E-state index is 0.0981. The molecule has 1 aliphatic rings. The van der Waals surface area contributed by atoms with Crippen molar-refractivity contribution in [3.63, 3.8) is 0 Å². The molecule has 2 nitrogen and oxygen atoms in total. The minimum Gasteiger partial charge on any atom is -0.457 e. The Morgan fingerprint density at radius 2 is 1.94 bits per heavy atom. The van der Waals surface area contributed by atoms with Crippen LogP contribution >= 0.6 is 22.6 Å². The normalized spacial score (nSPS) is 22.0. The van der Waals surface area contributed by atoms with Gasteiger partial charge in [0.05, 0.1) is 0 Å². The zero-order valence-corrected chi connectivity index (χ0v) is 13.6. The van der Waals surface area contributed by atoms with Crippen molar-refractivity contribution in [2.45, 2.75) is 62.9 Å². The van der Waals surface area contributed by atoms with Crippen molar-refractivity contribution in [2.75, 3.05) is 0 Å². The van der Waals surface area contributed by atoms with E-state index in [0.717, 1.165) is 18.4 Å². The van der Waals surface area contributed by atoms with E-state index in [9.17, 15) is 4.79 Å². The predicted molar refractivity (Wildman–Crippen MR) is 79.4 cm³/mol. The molecule has 0 aromatic rings. The van der Waals surface area contributed by atoms with E-state index in [1.807, 2.05) is 20.8 Å². The van der Waals surface area contributed by atoms with E-state index in [2.05, 4.69) is 42.5 Å². The zero-order chi connectivity index (χ0) is 13.3. The molecule has 1 aliphatic carbocycles. The van der Waals surface area contributed by atoms with Gasteiger partial charge in [-0.15, -0.1) is 0 Å². The van der Waals surface area contributed by atoms with Crippen LogP contribution < -0.4 is 0 Å². The van der Waals surface area contributed by atoms with E-state index >= 15 is 0 Å². The molecule has 0 spiro atoms. The molecule has 1 atom stereocenters. The number of hydrogen-bond donors (Lipinski definition) is 0. The number of rotatable bonds is 2. The third-order valence-corrected chi connectivity index (χ3v) is 3.65. The number of carbonyl (C=O) groups excluding carboxylic acids is 1. The number of carbonyl (C=O) groups is 1. The van der Waals surface area contributed by atoms with Crippen LogP contribution in [-0.2, 0) is 9.53 Å². The monoisotopic (exact) mass is 350 g/mol. The summed E-state index contributed by atoms with van der Waals surface area (Å²) >= 11 is 2.43. The van der Waals surface area contributed by atoms with E-state index in [-0.39, 0.29) is 9.39 Å². The van der Waals surface area contributed by atoms with E-state index in [4.69, 9.17) is 4.74 Å². The maximum Gasteiger partial charge on any atom is 0.334 e. The van der Waals surface area contributed by atoms with Crippen LogP contribution in [0.4, 0.5) is 0 Å². The summed E-state index contributed by atoms with van der Waals surface area (Å²) in [5.74, 6) is 0.179. The molecule has 0 aromatic carbocycles. The Labute approximate surface area is 118 Å². The van der Waals surface area contributed by atoms with Crippen molar-refractivity contribution < 1.29 is 9.53 Å². The number of halogens is 1. The second kappa shape index (κ2) is 5.29. The van der Waals surface area contributed by atoms with Gasteiger partial charge in [-0.3, -0.25) is 0 Å². The van der Waals surface area contributed by atoms with Gasteiger partial charge in [0.1, 0.15) is 5.60 Å². The van der Waals surface area contributed by atoms with Crippen LogP contribution in [0.15, 0.2) is 11.6 Å². The molecule has 0 aliphatic heterocycles. The van der Waals surface area contributed by atoms with Gasteiger partial charge in [0.2, 0.25) is 0 Å². The van der Waals surface area contributed by atoms with Crippen LogP contribution in [0.2, 0.25) is 0 Å². The van der Waals surface area contributed by atoms with E-state index in [0.29, 0.717) is 5.92 Å². The minimum atomic E-state index is -0.407. The molecule has 0 bridgehead atoms. The Hall–Kier alpha value is -0.0600. The third-order valence-electron chi connectivity index (χ3n) is 2.90. The summed E-state index contributed by atoms with van der Waals surface area (Å²) in [6.45, 7) is 10.1. The van der Waals surface area contributed by atoms with Crippen LogP contribution in [0.1, 0.15) is 53.9 Å². The highest BCUT2D eigenvalue weighted by molar-refractivity contribution is 14.1. The van der Waals surface area contributed by atoms with Gasteiger partial charge in [-0.1, -0.05) is 42.5 Å². The van der Waals surface area contributed by atoms with Gasteiger partial charge in [0, 0.05) is 14.9 Å². The highest BCUT2D eigenvalue weighted by Gasteiger charge is 2.35. The Morgan fingerprint density at radius 1 is 1.35 bits per heavy atom. The zero-order valence-electron chi connectivity index (χ0n) is 11.5. The average Bonchev–Trinajstić information content (AvgIpc) is 2.13. The van der Waals surface area contributed by atoms with Gasteiger partial charge < -0.3 is 4.74 Å². The maximum atomic E-state index is 12.2. The molecule has 0 amide bonds. The summed E-state index contributed by atoms with van der Waals surface area (Å²) < 4.78 is 5.59. The lowest BCUT2D eigenvalue weighted by Crippen LogP contribution is -2.34. The molecule has 3 heteroatoms. The molecule has 0 fully saturated rings. The molecule has 17 heavy (non-hydrogen) atoms. The quantitative estimate of drug-likeness (QED) is 0.422. The van der Waals surface area contributed by atoms with Crippen LogP contribution in [0, 0.1) is 5.92 Å². The number of ether oxygens (including phenoxy) is 1. The fraction of sp³-hybridized carbons (Fsp3) is 0.786. The summed E-state index contributed by atoms with van der Waals surface area (Å²) in [6.07, 6.45) is 5.32. The van der Waals surface area contributed by atoms with Gasteiger partial charge in [-0.25, -0.2) is 4.79 Å². The van der Waals surface area contributed by atoms with Gasteiger partial charge in [0.15, 0.2) is 0 Å². The molecule has 0 radical (unpaired) electrons. The number of esters is 1. The van der Waals surface area contributed by atoms with Gasteiger partial charge in [-0.2, -0.15) is 0 Å². The Kier molecular flexibility index (Phi) is 4.67. The van der Waals surface area contributed by atoms with E-state index in [1.165, 1.54) is 6.42 Å². The lowest BCUT2D eigenvalue weighted by atomic mass is 9.80. The molecule has 0 saturated heterocycles. The van der Waals surface area contributed by atoms with Crippen molar-refractivity contribution in [1.82, 2.24) is 0 Å². The largest absolute Gasteiger partial charge is 0.457 e. The maximum absolute atomic E-state index is 12.2.